The monoisotopic (exact) mass is 247 g/mol. The standard InChI is InChI=1S/C13H17N3S/c1-10(16-6-4-14-5-7-16)11-2-3-13-12(8-11)15-9-17-13/h2-3,8-10,14H,4-7H2,1H3. The molecule has 17 heavy (non-hydrogen) atoms. The number of nitrogens with one attached hydrogen (secondary N) is 1. The van der Waals surface area contributed by atoms with Gasteiger partial charge in [0.2, 0.25) is 0 Å². The number of fused-ring (bicyclic) bond motifs is 1. The highest BCUT2D eigenvalue weighted by Crippen LogP contribution is 2.25. The Labute approximate surface area is 105 Å². The summed E-state index contributed by atoms with van der Waals surface area (Å²) in [5, 5.41) is 3.39. The normalized spacial score (nSPS) is 19.6. The largest absolute Gasteiger partial charge is 0.314 e. The van der Waals surface area contributed by atoms with Crippen molar-refractivity contribution < 1.29 is 0 Å². The number of thiazole rings is 1. The Bertz CT molecular complexity index is 502. The summed E-state index contributed by atoms with van der Waals surface area (Å²) in [5.74, 6) is 0. The number of benzene rings is 1. The van der Waals surface area contributed by atoms with Gasteiger partial charge in [-0.05, 0) is 24.6 Å². The van der Waals surface area contributed by atoms with Crippen molar-refractivity contribution in [2.45, 2.75) is 13.0 Å². The van der Waals surface area contributed by atoms with Gasteiger partial charge in [-0.15, -0.1) is 11.3 Å². The van der Waals surface area contributed by atoms with E-state index in [1.54, 1.807) is 11.3 Å². The quantitative estimate of drug-likeness (QED) is 0.882. The molecule has 1 aromatic carbocycles. The fourth-order valence-electron chi connectivity index (χ4n) is 2.41. The summed E-state index contributed by atoms with van der Waals surface area (Å²) >= 11 is 1.71. The van der Waals surface area contributed by atoms with Gasteiger partial charge < -0.3 is 5.32 Å². The van der Waals surface area contributed by atoms with Crippen molar-refractivity contribution in [3.8, 4) is 0 Å². The molecule has 1 N–H and O–H groups in total. The van der Waals surface area contributed by atoms with Gasteiger partial charge in [0, 0.05) is 32.2 Å². The first-order chi connectivity index (χ1) is 8.34. The Morgan fingerprint density at radius 1 is 1.35 bits per heavy atom. The van der Waals surface area contributed by atoms with Gasteiger partial charge in [0.05, 0.1) is 15.7 Å². The summed E-state index contributed by atoms with van der Waals surface area (Å²) in [6.07, 6.45) is 0. The summed E-state index contributed by atoms with van der Waals surface area (Å²) in [5.41, 5.74) is 4.43. The minimum absolute atomic E-state index is 0.489. The van der Waals surface area contributed by atoms with Gasteiger partial charge in [0.15, 0.2) is 0 Å². The van der Waals surface area contributed by atoms with Crippen LogP contribution in [0.4, 0.5) is 0 Å². The first kappa shape index (κ1) is 11.1. The lowest BCUT2D eigenvalue weighted by atomic mass is 10.1. The molecule has 0 aliphatic carbocycles. The van der Waals surface area contributed by atoms with E-state index < -0.39 is 0 Å². The van der Waals surface area contributed by atoms with Crippen molar-refractivity contribution in [3.63, 3.8) is 0 Å². The molecule has 2 heterocycles. The van der Waals surface area contributed by atoms with Crippen LogP contribution in [0.25, 0.3) is 10.2 Å². The van der Waals surface area contributed by atoms with Crippen molar-refractivity contribution in [2.75, 3.05) is 26.2 Å². The molecule has 1 aliphatic heterocycles. The molecule has 0 saturated carbocycles. The predicted octanol–water partition coefficient (Wildman–Crippen LogP) is 2.26. The molecule has 0 radical (unpaired) electrons. The number of piperazine rings is 1. The van der Waals surface area contributed by atoms with Crippen LogP contribution in [-0.4, -0.2) is 36.1 Å². The minimum Gasteiger partial charge on any atom is -0.314 e. The van der Waals surface area contributed by atoms with Crippen LogP contribution >= 0.6 is 11.3 Å². The lowest BCUT2D eigenvalue weighted by Gasteiger charge is -2.33. The van der Waals surface area contributed by atoms with Crippen LogP contribution in [0.3, 0.4) is 0 Å². The third-order valence-corrected chi connectivity index (χ3v) is 4.35. The zero-order valence-corrected chi connectivity index (χ0v) is 10.8. The predicted molar refractivity (Wildman–Crippen MR) is 72.5 cm³/mol. The van der Waals surface area contributed by atoms with Gasteiger partial charge in [-0.1, -0.05) is 6.07 Å². The van der Waals surface area contributed by atoms with Crippen LogP contribution in [0.5, 0.6) is 0 Å². The molecule has 1 saturated heterocycles. The molecule has 3 rings (SSSR count). The van der Waals surface area contributed by atoms with E-state index in [4.69, 9.17) is 0 Å². The number of hydrogen-bond acceptors (Lipinski definition) is 4. The Morgan fingerprint density at radius 2 is 2.18 bits per heavy atom. The second-order valence-corrected chi connectivity index (χ2v) is 5.43. The lowest BCUT2D eigenvalue weighted by Crippen LogP contribution is -2.44. The molecular formula is C13H17N3S. The molecule has 3 nitrogen and oxygen atoms in total. The fraction of sp³-hybridized carbons (Fsp3) is 0.462. The zero-order chi connectivity index (χ0) is 11.7. The third kappa shape index (κ3) is 2.20. The Kier molecular flexibility index (Phi) is 3.09. The molecule has 0 amide bonds. The van der Waals surface area contributed by atoms with E-state index in [2.05, 4.69) is 40.3 Å². The van der Waals surface area contributed by atoms with E-state index in [-0.39, 0.29) is 0 Å². The number of hydrogen-bond donors (Lipinski definition) is 1. The number of nitrogens with zero attached hydrogens (tertiary/aromatic N) is 2. The molecule has 1 fully saturated rings. The minimum atomic E-state index is 0.489. The van der Waals surface area contributed by atoms with Crippen LogP contribution in [0.2, 0.25) is 0 Å². The zero-order valence-electron chi connectivity index (χ0n) is 10.0. The topological polar surface area (TPSA) is 28.2 Å². The maximum absolute atomic E-state index is 4.39. The van der Waals surface area contributed by atoms with Gasteiger partial charge >= 0.3 is 0 Å². The summed E-state index contributed by atoms with van der Waals surface area (Å²) < 4.78 is 1.28. The number of rotatable bonds is 2. The fourth-order valence-corrected chi connectivity index (χ4v) is 3.07. The molecule has 1 atom stereocenters. The molecule has 90 valence electrons. The summed E-state index contributed by atoms with van der Waals surface area (Å²) in [6, 6.07) is 7.16. The third-order valence-electron chi connectivity index (χ3n) is 3.54. The van der Waals surface area contributed by atoms with Gasteiger partial charge in [-0.25, -0.2) is 4.98 Å². The first-order valence-electron chi connectivity index (χ1n) is 6.12. The van der Waals surface area contributed by atoms with E-state index in [0.717, 1.165) is 31.7 Å². The van der Waals surface area contributed by atoms with Crippen molar-refractivity contribution >= 4 is 21.6 Å². The Morgan fingerprint density at radius 3 is 3.00 bits per heavy atom. The highest BCUT2D eigenvalue weighted by atomic mass is 32.1. The van der Waals surface area contributed by atoms with Gasteiger partial charge in [0.1, 0.15) is 0 Å². The van der Waals surface area contributed by atoms with E-state index >= 15 is 0 Å². The molecule has 1 aromatic heterocycles. The maximum atomic E-state index is 4.39. The van der Waals surface area contributed by atoms with Gasteiger partial charge in [-0.3, -0.25) is 4.90 Å². The second-order valence-electron chi connectivity index (χ2n) is 4.54. The van der Waals surface area contributed by atoms with Crippen LogP contribution in [0.15, 0.2) is 23.7 Å². The van der Waals surface area contributed by atoms with Crippen LogP contribution < -0.4 is 5.32 Å². The maximum Gasteiger partial charge on any atom is 0.0815 e. The highest BCUT2D eigenvalue weighted by Gasteiger charge is 2.18. The van der Waals surface area contributed by atoms with Crippen molar-refractivity contribution in [3.05, 3.63) is 29.3 Å². The SMILES string of the molecule is CC(c1ccc2scnc2c1)N1CCNCC1. The Balaban J connectivity index is 1.86. The van der Waals surface area contributed by atoms with E-state index in [0.29, 0.717) is 6.04 Å². The van der Waals surface area contributed by atoms with Crippen LogP contribution in [0, 0.1) is 0 Å². The average molecular weight is 247 g/mol. The van der Waals surface area contributed by atoms with Gasteiger partial charge in [-0.2, -0.15) is 0 Å². The first-order valence-corrected chi connectivity index (χ1v) is 7.00. The molecule has 0 bridgehead atoms. The van der Waals surface area contributed by atoms with Crippen molar-refractivity contribution in [1.29, 1.82) is 0 Å². The van der Waals surface area contributed by atoms with E-state index in [1.807, 2.05) is 5.51 Å². The van der Waals surface area contributed by atoms with E-state index in [9.17, 15) is 0 Å². The second kappa shape index (κ2) is 4.72. The van der Waals surface area contributed by atoms with Gasteiger partial charge in [0.25, 0.3) is 0 Å². The van der Waals surface area contributed by atoms with E-state index in [1.165, 1.54) is 10.3 Å². The molecule has 4 heteroatoms. The molecular weight excluding hydrogens is 230 g/mol. The Hall–Kier alpha value is -0.970. The summed E-state index contributed by atoms with van der Waals surface area (Å²) in [6.45, 7) is 6.76. The van der Waals surface area contributed by atoms with Crippen LogP contribution in [-0.2, 0) is 0 Å². The lowest BCUT2D eigenvalue weighted by molar-refractivity contribution is 0.185. The molecule has 0 spiro atoms. The molecule has 2 aromatic rings. The average Bonchev–Trinajstić information content (AvgIpc) is 2.86. The summed E-state index contributed by atoms with van der Waals surface area (Å²) in [4.78, 5) is 6.93. The van der Waals surface area contributed by atoms with Crippen molar-refractivity contribution in [2.24, 2.45) is 0 Å². The van der Waals surface area contributed by atoms with Crippen LogP contribution in [0.1, 0.15) is 18.5 Å². The molecule has 1 aliphatic rings. The smallest absolute Gasteiger partial charge is 0.0815 e. The summed E-state index contributed by atoms with van der Waals surface area (Å²) in [7, 11) is 0. The number of aromatic nitrogens is 1. The van der Waals surface area contributed by atoms with Crippen molar-refractivity contribution in [1.82, 2.24) is 15.2 Å². The molecule has 1 unspecified atom stereocenters. The highest BCUT2D eigenvalue weighted by molar-refractivity contribution is 7.16.